The molecule has 0 atom stereocenters. The maximum absolute atomic E-state index is 12.6. The highest BCUT2D eigenvalue weighted by atomic mass is 32.2. The Bertz CT molecular complexity index is 568. The van der Waals surface area contributed by atoms with Crippen LogP contribution in [0.2, 0.25) is 0 Å². The minimum atomic E-state index is -3.55. The lowest BCUT2D eigenvalue weighted by atomic mass is 9.81. The van der Waals surface area contributed by atoms with Crippen molar-refractivity contribution < 1.29 is 18.5 Å². The summed E-state index contributed by atoms with van der Waals surface area (Å²) in [7, 11) is -1.49. The predicted octanol–water partition coefficient (Wildman–Crippen LogP) is -0.919. The van der Waals surface area contributed by atoms with Gasteiger partial charge in [-0.3, -0.25) is 0 Å². The van der Waals surface area contributed by atoms with Crippen molar-refractivity contribution in [1.82, 2.24) is 9.21 Å². The van der Waals surface area contributed by atoms with Crippen LogP contribution in [0.1, 0.15) is 12.8 Å². The number of benzene rings is 1. The van der Waals surface area contributed by atoms with E-state index in [1.807, 2.05) is 7.05 Å². The largest absolute Gasteiger partial charge is 0.488 e. The quantitative estimate of drug-likeness (QED) is 0.703. The molecule has 21 heavy (non-hydrogen) atoms. The van der Waals surface area contributed by atoms with E-state index >= 15 is 0 Å². The van der Waals surface area contributed by atoms with Gasteiger partial charge in [-0.25, -0.2) is 8.42 Å². The van der Waals surface area contributed by atoms with Crippen LogP contribution in [0, 0.1) is 0 Å². The number of hydrogen-bond donors (Lipinski definition) is 2. The zero-order valence-electron chi connectivity index (χ0n) is 12.3. The van der Waals surface area contributed by atoms with Gasteiger partial charge in [-0.15, -0.1) is 0 Å². The van der Waals surface area contributed by atoms with Crippen molar-refractivity contribution in [2.45, 2.75) is 23.8 Å². The Balaban J connectivity index is 2.16. The minimum absolute atomic E-state index is 0.00862. The van der Waals surface area contributed by atoms with E-state index in [2.05, 4.69) is 4.90 Å². The fraction of sp³-hybridized carbons (Fsp3) is 0.538. The standard InChI is InChI=1S/C13H21BN2O4S/c1-15-9-7-12(8-10-15)16(2)21(19,20)13-5-3-11(4-6-13)14(17)18/h3-6,12,17-18H,7-10H2,1-2H3. The smallest absolute Gasteiger partial charge is 0.423 e. The third-order valence-corrected chi connectivity index (χ3v) is 5.98. The van der Waals surface area contributed by atoms with Gasteiger partial charge in [0.05, 0.1) is 4.90 Å². The number of likely N-dealkylation sites (tertiary alicyclic amines) is 1. The monoisotopic (exact) mass is 312 g/mol. The molecule has 0 unspecified atom stereocenters. The summed E-state index contributed by atoms with van der Waals surface area (Å²) in [5, 5.41) is 18.1. The van der Waals surface area contributed by atoms with Gasteiger partial charge in [-0.2, -0.15) is 4.31 Å². The summed E-state index contributed by atoms with van der Waals surface area (Å²) in [6.45, 7) is 1.78. The van der Waals surface area contributed by atoms with Gasteiger partial charge in [0.1, 0.15) is 0 Å². The zero-order valence-corrected chi connectivity index (χ0v) is 13.1. The normalized spacial score (nSPS) is 18.1. The van der Waals surface area contributed by atoms with Crippen LogP contribution in [0.3, 0.4) is 0 Å². The van der Waals surface area contributed by atoms with E-state index in [0.29, 0.717) is 0 Å². The topological polar surface area (TPSA) is 81.1 Å². The average molecular weight is 312 g/mol. The van der Waals surface area contributed by atoms with Crippen LogP contribution in [-0.2, 0) is 10.0 Å². The maximum atomic E-state index is 12.6. The second-order valence-electron chi connectivity index (χ2n) is 5.50. The Labute approximate surface area is 126 Å². The van der Waals surface area contributed by atoms with Crippen LogP contribution in [0.25, 0.3) is 0 Å². The first-order valence-electron chi connectivity index (χ1n) is 6.95. The lowest BCUT2D eigenvalue weighted by Crippen LogP contribution is -2.44. The molecule has 0 radical (unpaired) electrons. The Morgan fingerprint density at radius 3 is 2.19 bits per heavy atom. The van der Waals surface area contributed by atoms with E-state index in [-0.39, 0.29) is 16.4 Å². The first-order chi connectivity index (χ1) is 9.82. The van der Waals surface area contributed by atoms with Crippen molar-refractivity contribution in [3.05, 3.63) is 24.3 Å². The fourth-order valence-corrected chi connectivity index (χ4v) is 3.95. The van der Waals surface area contributed by atoms with Crippen molar-refractivity contribution in [2.75, 3.05) is 27.2 Å². The second-order valence-corrected chi connectivity index (χ2v) is 7.50. The van der Waals surface area contributed by atoms with Gasteiger partial charge in [-0.1, -0.05) is 12.1 Å². The zero-order chi connectivity index (χ0) is 15.6. The summed E-state index contributed by atoms with van der Waals surface area (Å²) in [4.78, 5) is 2.36. The lowest BCUT2D eigenvalue weighted by molar-refractivity contribution is 0.197. The minimum Gasteiger partial charge on any atom is -0.423 e. The number of sulfonamides is 1. The molecule has 1 saturated heterocycles. The maximum Gasteiger partial charge on any atom is 0.488 e. The Kier molecular flexibility index (Phi) is 5.05. The molecule has 0 saturated carbocycles. The summed E-state index contributed by atoms with van der Waals surface area (Å²) in [5.41, 5.74) is 0.274. The molecule has 2 N–H and O–H groups in total. The van der Waals surface area contributed by atoms with Gasteiger partial charge in [0.2, 0.25) is 10.0 Å². The molecule has 0 aromatic heterocycles. The summed E-state index contributed by atoms with van der Waals surface area (Å²) < 4.78 is 26.6. The molecule has 1 aliphatic heterocycles. The summed E-state index contributed by atoms with van der Waals surface area (Å²) in [6, 6.07) is 5.67. The molecular formula is C13H21BN2O4S. The van der Waals surface area contributed by atoms with Crippen molar-refractivity contribution in [3.63, 3.8) is 0 Å². The average Bonchev–Trinajstić information content (AvgIpc) is 2.47. The van der Waals surface area contributed by atoms with Crippen LogP contribution in [0.15, 0.2) is 29.2 Å². The number of piperidine rings is 1. The summed E-state index contributed by atoms with van der Waals surface area (Å²) in [5.74, 6) is 0. The highest BCUT2D eigenvalue weighted by Crippen LogP contribution is 2.21. The number of hydrogen-bond acceptors (Lipinski definition) is 5. The van der Waals surface area contributed by atoms with E-state index in [4.69, 9.17) is 10.0 Å². The predicted molar refractivity (Wildman–Crippen MR) is 81.7 cm³/mol. The van der Waals surface area contributed by atoms with Crippen LogP contribution in [0.4, 0.5) is 0 Å². The molecular weight excluding hydrogens is 291 g/mol. The third-order valence-electron chi connectivity index (χ3n) is 4.06. The van der Waals surface area contributed by atoms with E-state index in [0.717, 1.165) is 25.9 Å². The molecule has 1 fully saturated rings. The van der Waals surface area contributed by atoms with Crippen LogP contribution >= 0.6 is 0 Å². The van der Waals surface area contributed by atoms with Gasteiger partial charge in [0, 0.05) is 13.1 Å². The molecule has 0 spiro atoms. The van der Waals surface area contributed by atoms with E-state index in [9.17, 15) is 8.42 Å². The molecule has 8 heteroatoms. The van der Waals surface area contributed by atoms with Gasteiger partial charge >= 0.3 is 7.12 Å². The molecule has 6 nitrogen and oxygen atoms in total. The van der Waals surface area contributed by atoms with Crippen molar-refractivity contribution >= 4 is 22.6 Å². The van der Waals surface area contributed by atoms with Gasteiger partial charge in [0.25, 0.3) is 0 Å². The summed E-state index contributed by atoms with van der Waals surface area (Å²) >= 11 is 0. The third kappa shape index (κ3) is 3.64. The highest BCUT2D eigenvalue weighted by Gasteiger charge is 2.30. The SMILES string of the molecule is CN1CCC(N(C)S(=O)(=O)c2ccc(B(O)O)cc2)CC1. The molecule has 1 heterocycles. The Morgan fingerprint density at radius 1 is 1.19 bits per heavy atom. The van der Waals surface area contributed by atoms with Crippen molar-refractivity contribution in [2.24, 2.45) is 0 Å². The van der Waals surface area contributed by atoms with Gasteiger partial charge < -0.3 is 14.9 Å². The highest BCUT2D eigenvalue weighted by molar-refractivity contribution is 7.89. The second kappa shape index (κ2) is 6.45. The van der Waals surface area contributed by atoms with Crippen molar-refractivity contribution in [3.8, 4) is 0 Å². The molecule has 0 bridgehead atoms. The lowest BCUT2D eigenvalue weighted by Gasteiger charge is -2.34. The molecule has 116 valence electrons. The van der Waals surface area contributed by atoms with Gasteiger partial charge in [-0.05, 0) is 50.6 Å². The van der Waals surface area contributed by atoms with E-state index in [1.54, 1.807) is 7.05 Å². The Hall–Kier alpha value is -0.925. The number of rotatable bonds is 4. The van der Waals surface area contributed by atoms with E-state index in [1.165, 1.54) is 28.6 Å². The number of nitrogens with zero attached hydrogens (tertiary/aromatic N) is 2. The molecule has 1 aromatic rings. The molecule has 0 amide bonds. The first kappa shape index (κ1) is 16.4. The van der Waals surface area contributed by atoms with Gasteiger partial charge in [0.15, 0.2) is 0 Å². The molecule has 1 aliphatic rings. The first-order valence-corrected chi connectivity index (χ1v) is 8.39. The molecule has 1 aromatic carbocycles. The van der Waals surface area contributed by atoms with Crippen molar-refractivity contribution in [1.29, 1.82) is 0 Å². The fourth-order valence-electron chi connectivity index (χ4n) is 2.53. The molecule has 0 aliphatic carbocycles. The van der Waals surface area contributed by atoms with E-state index < -0.39 is 17.1 Å². The summed E-state index contributed by atoms with van der Waals surface area (Å²) in [6.07, 6.45) is 1.64. The van der Waals surface area contributed by atoms with Crippen LogP contribution in [-0.4, -0.2) is 68.0 Å². The Morgan fingerprint density at radius 2 is 1.71 bits per heavy atom. The molecule has 2 rings (SSSR count). The van der Waals surface area contributed by atoms with Crippen LogP contribution in [0.5, 0.6) is 0 Å². The van der Waals surface area contributed by atoms with Crippen LogP contribution < -0.4 is 5.46 Å².